The average molecular weight is 306 g/mol. The van der Waals surface area contributed by atoms with Gasteiger partial charge in [0.1, 0.15) is 18.2 Å². The van der Waals surface area contributed by atoms with Crippen molar-refractivity contribution in [2.24, 2.45) is 0 Å². The highest BCUT2D eigenvalue weighted by molar-refractivity contribution is 6.59. The minimum Gasteiger partial charge on any atom is -0.489 e. The van der Waals surface area contributed by atoms with Crippen molar-refractivity contribution >= 4 is 24.2 Å². The molecule has 0 fully saturated rings. The molecule has 2 aromatic rings. The van der Waals surface area contributed by atoms with Gasteiger partial charge in [0.15, 0.2) is 0 Å². The lowest BCUT2D eigenvalue weighted by Gasteiger charge is -2.12. The first-order chi connectivity index (χ1) is 10.0. The van der Waals surface area contributed by atoms with Gasteiger partial charge in [-0.2, -0.15) is 5.26 Å². The first-order valence-electron chi connectivity index (χ1n) is 5.98. The van der Waals surface area contributed by atoms with Crippen LogP contribution in [-0.2, 0) is 6.61 Å². The van der Waals surface area contributed by atoms with Crippen LogP contribution in [0.2, 0.25) is 5.02 Å². The number of benzene rings is 2. The summed E-state index contributed by atoms with van der Waals surface area (Å²) in [5.74, 6) is -0.450. The standard InChI is InChI=1S/C14H10BClFNO3/c16-13-5-9(7-18)1-2-10(13)8-21-14-4-3-11(17)6-12(14)15(19)20/h1-6,19-20H,8H2. The Morgan fingerprint density at radius 1 is 1.24 bits per heavy atom. The first kappa shape index (κ1) is 15.3. The summed E-state index contributed by atoms with van der Waals surface area (Å²) in [5, 5.41) is 27.5. The van der Waals surface area contributed by atoms with E-state index in [0.29, 0.717) is 16.1 Å². The van der Waals surface area contributed by atoms with E-state index in [9.17, 15) is 14.4 Å². The van der Waals surface area contributed by atoms with Gasteiger partial charge in [-0.3, -0.25) is 0 Å². The summed E-state index contributed by atoms with van der Waals surface area (Å²) in [7, 11) is -1.84. The van der Waals surface area contributed by atoms with Crippen LogP contribution in [0.1, 0.15) is 11.1 Å². The Morgan fingerprint density at radius 2 is 2.00 bits per heavy atom. The van der Waals surface area contributed by atoms with Crippen LogP contribution < -0.4 is 10.2 Å². The summed E-state index contributed by atoms with van der Waals surface area (Å²) in [6, 6.07) is 10.2. The Labute approximate surface area is 126 Å². The maximum absolute atomic E-state index is 13.1. The average Bonchev–Trinajstić information content (AvgIpc) is 2.46. The topological polar surface area (TPSA) is 73.5 Å². The Morgan fingerprint density at radius 3 is 2.62 bits per heavy atom. The third-order valence-corrected chi connectivity index (χ3v) is 3.17. The zero-order valence-electron chi connectivity index (χ0n) is 10.8. The van der Waals surface area contributed by atoms with E-state index >= 15 is 0 Å². The zero-order valence-corrected chi connectivity index (χ0v) is 11.5. The Bertz CT molecular complexity index is 703. The molecule has 0 unspecified atom stereocenters. The SMILES string of the molecule is N#Cc1ccc(COc2ccc(F)cc2B(O)O)c(Cl)c1. The van der Waals surface area contributed by atoms with Gasteiger partial charge in [0.25, 0.3) is 0 Å². The van der Waals surface area contributed by atoms with Crippen LogP contribution >= 0.6 is 11.6 Å². The van der Waals surface area contributed by atoms with E-state index in [1.165, 1.54) is 12.1 Å². The molecular weight excluding hydrogens is 295 g/mol. The van der Waals surface area contributed by atoms with Gasteiger partial charge in [-0.1, -0.05) is 17.7 Å². The third kappa shape index (κ3) is 3.73. The van der Waals surface area contributed by atoms with Crippen molar-refractivity contribution in [2.75, 3.05) is 0 Å². The minimum atomic E-state index is -1.84. The predicted molar refractivity (Wildman–Crippen MR) is 76.7 cm³/mol. The molecular formula is C14H10BClFNO3. The van der Waals surface area contributed by atoms with E-state index < -0.39 is 12.9 Å². The van der Waals surface area contributed by atoms with Gasteiger partial charge in [-0.25, -0.2) is 4.39 Å². The highest BCUT2D eigenvalue weighted by Crippen LogP contribution is 2.20. The number of nitrogens with zero attached hydrogens (tertiary/aromatic N) is 1. The molecule has 106 valence electrons. The second kappa shape index (κ2) is 6.59. The van der Waals surface area contributed by atoms with Crippen molar-refractivity contribution < 1.29 is 19.2 Å². The molecule has 0 bridgehead atoms. The summed E-state index contributed by atoms with van der Waals surface area (Å²) < 4.78 is 18.5. The molecule has 0 heterocycles. The number of rotatable bonds is 4. The summed E-state index contributed by atoms with van der Waals surface area (Å²) in [6.07, 6.45) is 0. The van der Waals surface area contributed by atoms with Gasteiger partial charge < -0.3 is 14.8 Å². The molecule has 21 heavy (non-hydrogen) atoms. The molecule has 0 spiro atoms. The molecule has 0 aromatic heterocycles. The molecule has 0 saturated carbocycles. The van der Waals surface area contributed by atoms with Crippen molar-refractivity contribution in [3.05, 3.63) is 58.4 Å². The smallest absolute Gasteiger partial charge is 0.489 e. The van der Waals surface area contributed by atoms with Gasteiger partial charge in [0, 0.05) is 16.0 Å². The predicted octanol–water partition coefficient (Wildman–Crippen LogP) is 1.61. The molecule has 2 N–H and O–H groups in total. The molecule has 4 nitrogen and oxygen atoms in total. The largest absolute Gasteiger partial charge is 0.492 e. The second-order valence-electron chi connectivity index (χ2n) is 4.26. The van der Waals surface area contributed by atoms with Crippen LogP contribution in [0, 0.1) is 17.1 Å². The van der Waals surface area contributed by atoms with Gasteiger partial charge in [0.05, 0.1) is 11.6 Å². The van der Waals surface area contributed by atoms with E-state index in [1.807, 2.05) is 6.07 Å². The van der Waals surface area contributed by atoms with Crippen LogP contribution in [-0.4, -0.2) is 17.2 Å². The van der Waals surface area contributed by atoms with Gasteiger partial charge in [0.2, 0.25) is 0 Å². The minimum absolute atomic E-state index is 0.0515. The maximum Gasteiger partial charge on any atom is 0.492 e. The van der Waals surface area contributed by atoms with Crippen LogP contribution in [0.5, 0.6) is 5.75 Å². The molecule has 7 heteroatoms. The molecule has 0 aliphatic rings. The molecule has 0 aliphatic heterocycles. The number of ether oxygens (including phenoxy) is 1. The third-order valence-electron chi connectivity index (χ3n) is 2.82. The highest BCUT2D eigenvalue weighted by atomic mass is 35.5. The Kier molecular flexibility index (Phi) is 4.81. The van der Waals surface area contributed by atoms with Gasteiger partial charge >= 0.3 is 7.12 Å². The van der Waals surface area contributed by atoms with E-state index in [4.69, 9.17) is 21.6 Å². The summed E-state index contributed by atoms with van der Waals surface area (Å²) >= 11 is 6.01. The van der Waals surface area contributed by atoms with E-state index in [0.717, 1.165) is 12.1 Å². The number of nitriles is 1. The lowest BCUT2D eigenvalue weighted by molar-refractivity contribution is 0.306. The van der Waals surface area contributed by atoms with Crippen LogP contribution in [0.4, 0.5) is 4.39 Å². The van der Waals surface area contributed by atoms with Crippen LogP contribution in [0.3, 0.4) is 0 Å². The van der Waals surface area contributed by atoms with Gasteiger partial charge in [-0.15, -0.1) is 0 Å². The molecule has 0 amide bonds. The Hall–Kier alpha value is -2.07. The second-order valence-corrected chi connectivity index (χ2v) is 4.67. The van der Waals surface area contributed by atoms with Gasteiger partial charge in [-0.05, 0) is 30.3 Å². The molecule has 0 atom stereocenters. The summed E-state index contributed by atoms with van der Waals surface area (Å²) in [6.45, 7) is 0.0515. The highest BCUT2D eigenvalue weighted by Gasteiger charge is 2.18. The molecule has 0 radical (unpaired) electrons. The molecule has 0 aliphatic carbocycles. The van der Waals surface area contributed by atoms with Crippen LogP contribution in [0.25, 0.3) is 0 Å². The monoisotopic (exact) mass is 305 g/mol. The van der Waals surface area contributed by atoms with Crippen molar-refractivity contribution in [2.45, 2.75) is 6.61 Å². The fourth-order valence-electron chi connectivity index (χ4n) is 1.74. The molecule has 0 saturated heterocycles. The molecule has 2 rings (SSSR count). The summed E-state index contributed by atoms with van der Waals surface area (Å²) in [4.78, 5) is 0. The van der Waals surface area contributed by atoms with Crippen molar-refractivity contribution in [3.8, 4) is 11.8 Å². The number of hydrogen-bond donors (Lipinski definition) is 2. The van der Waals surface area contributed by atoms with Crippen molar-refractivity contribution in [1.82, 2.24) is 0 Å². The fourth-order valence-corrected chi connectivity index (χ4v) is 1.98. The normalized spacial score (nSPS) is 10.0. The maximum atomic E-state index is 13.1. The lowest BCUT2D eigenvalue weighted by Crippen LogP contribution is -2.31. The first-order valence-corrected chi connectivity index (χ1v) is 6.36. The summed E-state index contributed by atoms with van der Waals surface area (Å²) in [5.41, 5.74) is 0.982. The zero-order chi connectivity index (χ0) is 15.4. The molecule has 2 aromatic carbocycles. The van der Waals surface area contributed by atoms with E-state index in [2.05, 4.69) is 0 Å². The number of halogens is 2. The Balaban J connectivity index is 2.19. The number of hydrogen-bond acceptors (Lipinski definition) is 4. The van der Waals surface area contributed by atoms with E-state index in [1.54, 1.807) is 12.1 Å². The van der Waals surface area contributed by atoms with E-state index in [-0.39, 0.29) is 17.8 Å². The quantitative estimate of drug-likeness (QED) is 0.842. The fraction of sp³-hybridized carbons (Fsp3) is 0.0714. The van der Waals surface area contributed by atoms with Crippen molar-refractivity contribution in [3.63, 3.8) is 0 Å². The van der Waals surface area contributed by atoms with Crippen LogP contribution in [0.15, 0.2) is 36.4 Å². The lowest BCUT2D eigenvalue weighted by atomic mass is 9.79. The van der Waals surface area contributed by atoms with Crippen molar-refractivity contribution in [1.29, 1.82) is 5.26 Å².